The van der Waals surface area contributed by atoms with Crippen LogP contribution in [0, 0.1) is 0 Å². The van der Waals surface area contributed by atoms with Crippen LogP contribution in [0.25, 0.3) is 0 Å². The molecule has 0 unspecified atom stereocenters. The Kier molecular flexibility index (Phi) is 7.71. The summed E-state index contributed by atoms with van der Waals surface area (Å²) in [6, 6.07) is 4.63. The van der Waals surface area contributed by atoms with Gasteiger partial charge in [-0.3, -0.25) is 5.32 Å². The van der Waals surface area contributed by atoms with Crippen molar-refractivity contribution in [3.8, 4) is 17.8 Å². The fraction of sp³-hybridized carbons (Fsp3) is 0.294. The van der Waals surface area contributed by atoms with Crippen molar-refractivity contribution in [3.05, 3.63) is 36.9 Å². The van der Waals surface area contributed by atoms with Crippen LogP contribution >= 0.6 is 0 Å². The molecule has 1 heterocycles. The lowest BCUT2D eigenvalue weighted by Crippen LogP contribution is -2.35. The Labute approximate surface area is 168 Å². The monoisotopic (exact) mass is 423 g/mol. The average Bonchev–Trinajstić information content (AvgIpc) is 2.66. The number of carbonyl (C=O) groups excluding carboxylic acids is 1. The third-order valence-electron chi connectivity index (χ3n) is 3.09. The highest BCUT2D eigenvalue weighted by atomic mass is 32.2. The van der Waals surface area contributed by atoms with Crippen molar-refractivity contribution in [1.29, 1.82) is 0 Å². The third-order valence-corrected chi connectivity index (χ3v) is 4.46. The summed E-state index contributed by atoms with van der Waals surface area (Å²) in [7, 11) is -4.24. The van der Waals surface area contributed by atoms with Gasteiger partial charge in [0.05, 0.1) is 13.2 Å². The predicted octanol–water partition coefficient (Wildman–Crippen LogP) is 1.74. The number of nitrogens with one attached hydrogen (secondary N) is 2. The Bertz CT molecular complexity index is 942. The predicted molar refractivity (Wildman–Crippen MR) is 104 cm³/mol. The first-order valence-electron chi connectivity index (χ1n) is 8.57. The number of hydrogen-bond acceptors (Lipinski definition) is 9. The molecule has 11 nitrogen and oxygen atoms in total. The van der Waals surface area contributed by atoms with Gasteiger partial charge in [-0.25, -0.2) is 17.9 Å². The largest absolute Gasteiger partial charge is 0.488 e. The van der Waals surface area contributed by atoms with Crippen molar-refractivity contribution in [1.82, 2.24) is 19.7 Å². The second-order valence-corrected chi connectivity index (χ2v) is 6.85. The number of nitrogens with zero attached hydrogens (tertiary/aromatic N) is 3. The zero-order valence-corrected chi connectivity index (χ0v) is 16.7. The number of hydrogen-bond donors (Lipinski definition) is 2. The quantitative estimate of drug-likeness (QED) is 0.546. The summed E-state index contributed by atoms with van der Waals surface area (Å²) < 4.78 is 42.7. The van der Waals surface area contributed by atoms with Crippen LogP contribution in [0.1, 0.15) is 13.8 Å². The van der Waals surface area contributed by atoms with E-state index >= 15 is 0 Å². The van der Waals surface area contributed by atoms with Gasteiger partial charge in [-0.05, 0) is 26.0 Å². The molecule has 0 saturated carbocycles. The van der Waals surface area contributed by atoms with Crippen molar-refractivity contribution in [2.24, 2.45) is 0 Å². The van der Waals surface area contributed by atoms with Gasteiger partial charge >= 0.3 is 18.1 Å². The Morgan fingerprint density at radius 2 is 1.69 bits per heavy atom. The first kappa shape index (κ1) is 21.9. The Morgan fingerprint density at radius 3 is 2.28 bits per heavy atom. The first-order valence-corrected chi connectivity index (χ1v) is 10.1. The third kappa shape index (κ3) is 6.31. The molecule has 2 N–H and O–H groups in total. The molecule has 0 spiro atoms. The topological polar surface area (TPSA) is 142 Å². The van der Waals surface area contributed by atoms with Crippen LogP contribution in [0.4, 0.5) is 10.7 Å². The molecule has 0 aliphatic heterocycles. The fourth-order valence-electron chi connectivity index (χ4n) is 2.03. The van der Waals surface area contributed by atoms with E-state index in [0.29, 0.717) is 0 Å². The fourth-order valence-corrected chi connectivity index (χ4v) is 3.08. The summed E-state index contributed by atoms with van der Waals surface area (Å²) in [6.07, 6.45) is 1.47. The second-order valence-electron chi connectivity index (χ2n) is 5.20. The highest BCUT2D eigenvalue weighted by Gasteiger charge is 2.23. The van der Waals surface area contributed by atoms with Gasteiger partial charge in [0.2, 0.25) is 5.95 Å². The van der Waals surface area contributed by atoms with Crippen LogP contribution in [-0.4, -0.2) is 49.2 Å². The van der Waals surface area contributed by atoms with Crippen LogP contribution < -0.4 is 24.2 Å². The molecule has 1 aromatic carbocycles. The van der Waals surface area contributed by atoms with E-state index in [1.54, 1.807) is 19.9 Å². The highest BCUT2D eigenvalue weighted by molar-refractivity contribution is 7.90. The van der Waals surface area contributed by atoms with Gasteiger partial charge in [0.15, 0.2) is 0 Å². The lowest BCUT2D eigenvalue weighted by atomic mass is 10.3. The first-order chi connectivity index (χ1) is 13.9. The van der Waals surface area contributed by atoms with Crippen LogP contribution in [0.5, 0.6) is 17.8 Å². The van der Waals surface area contributed by atoms with Crippen molar-refractivity contribution < 1.29 is 27.4 Å². The van der Waals surface area contributed by atoms with Crippen LogP contribution in [0.15, 0.2) is 41.8 Å². The maximum absolute atomic E-state index is 12.6. The number of urea groups is 1. The number of carbonyl (C=O) groups is 1. The van der Waals surface area contributed by atoms with Crippen molar-refractivity contribution in [3.63, 3.8) is 0 Å². The van der Waals surface area contributed by atoms with Crippen molar-refractivity contribution in [2.75, 3.05) is 25.1 Å². The van der Waals surface area contributed by atoms with Crippen LogP contribution in [0.2, 0.25) is 0 Å². The summed E-state index contributed by atoms with van der Waals surface area (Å²) >= 11 is 0. The van der Waals surface area contributed by atoms with Gasteiger partial charge in [-0.2, -0.15) is 9.97 Å². The second kappa shape index (κ2) is 10.2. The van der Waals surface area contributed by atoms with E-state index in [1.165, 1.54) is 24.3 Å². The van der Waals surface area contributed by atoms with Gasteiger partial charge in [-0.1, -0.05) is 24.8 Å². The smallest absolute Gasteiger partial charge is 0.335 e. The van der Waals surface area contributed by atoms with Crippen LogP contribution in [0.3, 0.4) is 0 Å². The summed E-state index contributed by atoms with van der Waals surface area (Å²) in [5.74, 6) is -0.166. The van der Waals surface area contributed by atoms with E-state index in [-0.39, 0.29) is 48.4 Å². The highest BCUT2D eigenvalue weighted by Crippen LogP contribution is 2.23. The molecule has 2 amide bonds. The number of para-hydroxylation sites is 1. The molecule has 0 fully saturated rings. The zero-order valence-electron chi connectivity index (χ0n) is 15.9. The lowest BCUT2D eigenvalue weighted by Gasteiger charge is -2.12. The summed E-state index contributed by atoms with van der Waals surface area (Å²) in [6.45, 7) is 7.61. The molecular formula is C17H21N5O6S. The number of sulfonamides is 1. The summed E-state index contributed by atoms with van der Waals surface area (Å²) in [5, 5.41) is 2.22. The maximum atomic E-state index is 12.6. The van der Waals surface area contributed by atoms with E-state index in [2.05, 4.69) is 26.8 Å². The Morgan fingerprint density at radius 1 is 1.07 bits per heavy atom. The van der Waals surface area contributed by atoms with E-state index in [9.17, 15) is 13.2 Å². The van der Waals surface area contributed by atoms with Gasteiger partial charge < -0.3 is 14.2 Å². The minimum atomic E-state index is -4.24. The van der Waals surface area contributed by atoms with Gasteiger partial charge in [0.1, 0.15) is 17.3 Å². The van der Waals surface area contributed by atoms with Crippen molar-refractivity contribution >= 4 is 22.0 Å². The SMILES string of the molecule is C=CCOc1ccccc1S(=O)(=O)NC(=O)Nc1nc(OCC)nc(OCC)n1. The Hall–Kier alpha value is -3.41. The molecule has 12 heteroatoms. The average molecular weight is 423 g/mol. The molecule has 0 bridgehead atoms. The normalized spacial score (nSPS) is 10.7. The number of anilines is 1. The Balaban J connectivity index is 2.19. The molecule has 0 atom stereocenters. The van der Waals surface area contributed by atoms with Crippen LogP contribution in [-0.2, 0) is 10.0 Å². The number of aromatic nitrogens is 3. The maximum Gasteiger partial charge on any atom is 0.335 e. The summed E-state index contributed by atoms with van der Waals surface area (Å²) in [5.41, 5.74) is 0. The number of benzene rings is 1. The van der Waals surface area contributed by atoms with Gasteiger partial charge in [-0.15, -0.1) is 4.98 Å². The molecule has 0 saturated heterocycles. The molecule has 0 radical (unpaired) electrons. The minimum absolute atomic E-state index is 0.0742. The minimum Gasteiger partial charge on any atom is -0.488 e. The van der Waals surface area contributed by atoms with Gasteiger partial charge in [0.25, 0.3) is 10.0 Å². The standard InChI is InChI=1S/C17H21N5O6S/c1-4-11-28-12-9-7-8-10-13(12)29(24,25)22-15(23)18-14-19-16(26-5-2)21-17(20-14)27-6-3/h4,7-10H,1,5-6,11H2,2-3H3,(H2,18,19,20,21,22,23). The molecule has 0 aliphatic carbocycles. The molecule has 29 heavy (non-hydrogen) atoms. The zero-order chi connectivity index (χ0) is 21.3. The molecule has 1 aromatic heterocycles. The van der Waals surface area contributed by atoms with E-state index < -0.39 is 16.1 Å². The molecule has 2 rings (SSSR count). The van der Waals surface area contributed by atoms with Crippen molar-refractivity contribution in [2.45, 2.75) is 18.7 Å². The van der Waals surface area contributed by atoms with E-state index in [0.717, 1.165) is 0 Å². The number of ether oxygens (including phenoxy) is 3. The molecule has 0 aliphatic rings. The van der Waals surface area contributed by atoms with Gasteiger partial charge in [0, 0.05) is 0 Å². The van der Waals surface area contributed by atoms with E-state index in [1.807, 2.05) is 4.72 Å². The molecule has 156 valence electrons. The number of amides is 2. The molecular weight excluding hydrogens is 402 g/mol. The summed E-state index contributed by atoms with van der Waals surface area (Å²) in [4.78, 5) is 23.7. The van der Waals surface area contributed by atoms with E-state index in [4.69, 9.17) is 14.2 Å². The lowest BCUT2D eigenvalue weighted by molar-refractivity contribution is 0.256. The molecule has 2 aromatic rings. The number of rotatable bonds is 10.